The van der Waals surface area contributed by atoms with Crippen molar-refractivity contribution in [2.45, 2.75) is 32.5 Å². The molecule has 1 amide bonds. The van der Waals surface area contributed by atoms with E-state index in [9.17, 15) is 14.7 Å². The highest BCUT2D eigenvalue weighted by Crippen LogP contribution is 2.44. The molecule has 1 saturated heterocycles. The molecule has 1 unspecified atom stereocenters. The van der Waals surface area contributed by atoms with Crippen LogP contribution in [0.25, 0.3) is 5.76 Å². The Balaban J connectivity index is 1.91. The average molecular weight is 552 g/mol. The van der Waals surface area contributed by atoms with Gasteiger partial charge < -0.3 is 29.0 Å². The number of aliphatic hydroxyl groups excluding tert-OH is 1. The van der Waals surface area contributed by atoms with Crippen molar-refractivity contribution in [2.75, 3.05) is 21.3 Å². The fourth-order valence-corrected chi connectivity index (χ4v) is 4.83. The summed E-state index contributed by atoms with van der Waals surface area (Å²) in [5.41, 5.74) is 1.40. The summed E-state index contributed by atoms with van der Waals surface area (Å²) in [5.74, 6) is -0.291. The molecule has 1 heterocycles. The largest absolute Gasteiger partial charge is 0.507 e. The van der Waals surface area contributed by atoms with Gasteiger partial charge in [-0.2, -0.15) is 0 Å². The molecule has 0 spiro atoms. The first-order valence-electron chi connectivity index (χ1n) is 12.3. The Morgan fingerprint density at radius 1 is 0.923 bits per heavy atom. The van der Waals surface area contributed by atoms with Crippen LogP contribution in [0.1, 0.15) is 36.6 Å². The van der Waals surface area contributed by atoms with Crippen LogP contribution < -0.4 is 18.9 Å². The van der Waals surface area contributed by atoms with Crippen molar-refractivity contribution in [1.82, 2.24) is 4.90 Å². The van der Waals surface area contributed by atoms with Gasteiger partial charge in [0.2, 0.25) is 0 Å². The highest BCUT2D eigenvalue weighted by atomic mass is 35.5. The number of amides is 1. The Morgan fingerprint density at radius 3 is 2.18 bits per heavy atom. The molecule has 3 aromatic carbocycles. The number of likely N-dealkylation sites (tertiary alicyclic amines) is 1. The second-order valence-electron chi connectivity index (χ2n) is 9.16. The molecule has 1 fully saturated rings. The quantitative estimate of drug-likeness (QED) is 0.205. The van der Waals surface area contributed by atoms with E-state index in [1.165, 1.54) is 38.4 Å². The molecule has 1 atom stereocenters. The average Bonchev–Trinajstić information content (AvgIpc) is 3.17. The van der Waals surface area contributed by atoms with Crippen molar-refractivity contribution in [3.63, 3.8) is 0 Å². The third kappa shape index (κ3) is 5.52. The molecule has 1 N–H and O–H groups in total. The number of hydrogen-bond acceptors (Lipinski definition) is 7. The highest BCUT2D eigenvalue weighted by molar-refractivity contribution is 6.46. The molecule has 9 heteroatoms. The van der Waals surface area contributed by atoms with E-state index in [2.05, 4.69) is 0 Å². The number of methoxy groups -OCH3 is 3. The van der Waals surface area contributed by atoms with E-state index in [0.29, 0.717) is 22.6 Å². The standard InChI is InChI=1S/C30H30ClNO7/c1-17(2)39-20-12-10-18(11-13-20)27-26(28(33)21-14-25(38-5)22(31)15-24(21)37-4)29(34)30(35)32(27)16-19-8-6-7-9-23(19)36-3/h6-15,17,27,33H,16H2,1-5H3/b28-26+. The number of rotatable bonds is 9. The van der Waals surface area contributed by atoms with E-state index in [1.54, 1.807) is 30.3 Å². The van der Waals surface area contributed by atoms with Gasteiger partial charge in [-0.3, -0.25) is 9.59 Å². The molecule has 0 saturated carbocycles. The zero-order chi connectivity index (χ0) is 28.3. The molecule has 4 rings (SSSR count). The van der Waals surface area contributed by atoms with Gasteiger partial charge in [0.05, 0.1) is 56.2 Å². The maximum absolute atomic E-state index is 13.5. The number of ketones is 1. The summed E-state index contributed by atoms with van der Waals surface area (Å²) in [5, 5.41) is 11.8. The van der Waals surface area contributed by atoms with E-state index in [4.69, 9.17) is 30.5 Å². The van der Waals surface area contributed by atoms with Crippen molar-refractivity contribution in [3.8, 4) is 23.0 Å². The van der Waals surface area contributed by atoms with Gasteiger partial charge >= 0.3 is 0 Å². The number of para-hydroxylation sites is 1. The second-order valence-corrected chi connectivity index (χ2v) is 9.57. The molecule has 1 aliphatic rings. The van der Waals surface area contributed by atoms with E-state index in [1.807, 2.05) is 32.0 Å². The van der Waals surface area contributed by atoms with Gasteiger partial charge in [0.1, 0.15) is 28.8 Å². The van der Waals surface area contributed by atoms with Gasteiger partial charge in [0, 0.05) is 11.6 Å². The van der Waals surface area contributed by atoms with Crippen LogP contribution in [0, 0.1) is 0 Å². The molecule has 0 aromatic heterocycles. The second kappa shape index (κ2) is 11.7. The fourth-order valence-electron chi connectivity index (χ4n) is 4.60. The minimum atomic E-state index is -0.908. The normalized spacial score (nSPS) is 16.5. The Morgan fingerprint density at radius 2 is 1.56 bits per heavy atom. The van der Waals surface area contributed by atoms with Crippen LogP contribution in [0.2, 0.25) is 5.02 Å². The number of nitrogens with zero attached hydrogens (tertiary/aromatic N) is 1. The first-order chi connectivity index (χ1) is 18.7. The van der Waals surface area contributed by atoms with Crippen molar-refractivity contribution < 1.29 is 33.6 Å². The molecule has 0 bridgehead atoms. The van der Waals surface area contributed by atoms with Gasteiger partial charge in [-0.05, 0) is 43.7 Å². The van der Waals surface area contributed by atoms with Crippen LogP contribution in [0.4, 0.5) is 0 Å². The van der Waals surface area contributed by atoms with Gasteiger partial charge in [0.25, 0.3) is 11.7 Å². The minimum Gasteiger partial charge on any atom is -0.507 e. The van der Waals surface area contributed by atoms with Crippen LogP contribution in [0.5, 0.6) is 23.0 Å². The predicted molar refractivity (Wildman–Crippen MR) is 148 cm³/mol. The van der Waals surface area contributed by atoms with Crippen molar-refractivity contribution >= 4 is 29.1 Å². The Hall–Kier alpha value is -4.17. The maximum Gasteiger partial charge on any atom is 0.295 e. The molecule has 0 aliphatic carbocycles. The van der Waals surface area contributed by atoms with Crippen LogP contribution in [-0.2, 0) is 16.1 Å². The number of halogens is 1. The lowest BCUT2D eigenvalue weighted by Gasteiger charge is -2.26. The third-order valence-electron chi connectivity index (χ3n) is 6.37. The van der Waals surface area contributed by atoms with E-state index in [-0.39, 0.29) is 40.3 Å². The lowest BCUT2D eigenvalue weighted by Crippen LogP contribution is -2.29. The first-order valence-corrected chi connectivity index (χ1v) is 12.7. The van der Waals surface area contributed by atoms with Crippen LogP contribution in [0.3, 0.4) is 0 Å². The molecule has 0 radical (unpaired) electrons. The summed E-state index contributed by atoms with van der Waals surface area (Å²) in [6, 6.07) is 16.4. The number of Topliss-reactive ketones (excluding diaryl/α,β-unsaturated/α-hetero) is 1. The molecular formula is C30H30ClNO7. The van der Waals surface area contributed by atoms with Crippen LogP contribution in [-0.4, -0.2) is 49.1 Å². The molecule has 39 heavy (non-hydrogen) atoms. The molecule has 3 aromatic rings. The minimum absolute atomic E-state index is 0.0284. The van der Waals surface area contributed by atoms with Crippen LogP contribution >= 0.6 is 11.6 Å². The predicted octanol–water partition coefficient (Wildman–Crippen LogP) is 5.77. The summed E-state index contributed by atoms with van der Waals surface area (Å²) in [6.45, 7) is 3.91. The SMILES string of the molecule is COc1cc(/C(O)=C2\C(=O)C(=O)N(Cc3ccccc3OC)C2c2ccc(OC(C)C)cc2)c(OC)cc1Cl. The topological polar surface area (TPSA) is 94.5 Å². The van der Waals surface area contributed by atoms with Gasteiger partial charge in [0.15, 0.2) is 0 Å². The van der Waals surface area contributed by atoms with Crippen LogP contribution in [0.15, 0.2) is 66.2 Å². The Bertz CT molecular complexity index is 1420. The summed E-state index contributed by atoms with van der Waals surface area (Å²) >= 11 is 6.26. The lowest BCUT2D eigenvalue weighted by molar-refractivity contribution is -0.140. The zero-order valence-corrected chi connectivity index (χ0v) is 23.1. The van der Waals surface area contributed by atoms with Gasteiger partial charge in [-0.25, -0.2) is 0 Å². The molecule has 8 nitrogen and oxygen atoms in total. The molecular weight excluding hydrogens is 522 g/mol. The summed E-state index contributed by atoms with van der Waals surface area (Å²) < 4.78 is 22.0. The monoisotopic (exact) mass is 551 g/mol. The smallest absolute Gasteiger partial charge is 0.295 e. The number of aliphatic hydroxyl groups is 1. The van der Waals surface area contributed by atoms with Crippen molar-refractivity contribution in [2.24, 2.45) is 0 Å². The number of hydrogen-bond donors (Lipinski definition) is 1. The maximum atomic E-state index is 13.5. The van der Waals surface area contributed by atoms with E-state index >= 15 is 0 Å². The number of carbonyl (C=O) groups excluding carboxylic acids is 2. The summed E-state index contributed by atoms with van der Waals surface area (Å²) in [4.78, 5) is 28.4. The number of benzene rings is 3. The summed E-state index contributed by atoms with van der Waals surface area (Å²) in [7, 11) is 4.39. The van der Waals surface area contributed by atoms with E-state index < -0.39 is 23.5 Å². The number of ether oxygens (including phenoxy) is 4. The Kier molecular flexibility index (Phi) is 8.35. The lowest BCUT2D eigenvalue weighted by atomic mass is 9.94. The summed E-state index contributed by atoms with van der Waals surface area (Å²) in [6.07, 6.45) is -0.0284. The van der Waals surface area contributed by atoms with Gasteiger partial charge in [-0.15, -0.1) is 0 Å². The number of carbonyl (C=O) groups is 2. The Labute approximate surface area is 232 Å². The van der Waals surface area contributed by atoms with Gasteiger partial charge in [-0.1, -0.05) is 41.9 Å². The first kappa shape index (κ1) is 27.9. The zero-order valence-electron chi connectivity index (χ0n) is 22.4. The van der Waals surface area contributed by atoms with E-state index in [0.717, 1.165) is 0 Å². The molecule has 1 aliphatic heterocycles. The van der Waals surface area contributed by atoms with Crippen molar-refractivity contribution in [3.05, 3.63) is 87.9 Å². The third-order valence-corrected chi connectivity index (χ3v) is 6.67. The molecule has 204 valence electrons. The fraction of sp³-hybridized carbons (Fsp3) is 0.267. The highest BCUT2D eigenvalue weighted by Gasteiger charge is 2.46. The van der Waals surface area contributed by atoms with Crippen molar-refractivity contribution in [1.29, 1.82) is 0 Å².